The van der Waals surface area contributed by atoms with E-state index in [-0.39, 0.29) is 5.91 Å². The standard InChI is InChI=1S/C27H36N2O4S.C7H8.C6H12.C3H8.C2H6/c1-18-13-21(17-33-3)29(15-18)16-20-9-10-23(24(14-20)22-8-6-5-7-19(22)2)26(30)28-25(27(31)32)11-12-34-4;1-7-5-3-2-4-6-7;1-4-5-6(2)3;1-3-2;1-2/h5-10,14,18,21,25H,11-13,15-17H2,1-4H3,(H,28,30)(H,31,32);2-6H,1H3;5H,4H2,1-3H3;3H2,1-2H3;1-2H3. The molecule has 3 atom stereocenters. The Morgan fingerprint density at radius 2 is 1.60 bits per heavy atom. The summed E-state index contributed by atoms with van der Waals surface area (Å²) in [5, 5.41) is 12.3. The van der Waals surface area contributed by atoms with Gasteiger partial charge in [-0.25, -0.2) is 4.79 Å². The van der Waals surface area contributed by atoms with Crippen LogP contribution < -0.4 is 5.32 Å². The second-order valence-corrected chi connectivity index (χ2v) is 14.3. The van der Waals surface area contributed by atoms with Crippen LogP contribution in [0.25, 0.3) is 11.1 Å². The number of aliphatic carboxylic acids is 1. The van der Waals surface area contributed by atoms with Crippen LogP contribution in [0.1, 0.15) is 108 Å². The molecule has 0 saturated carbocycles. The molecule has 290 valence electrons. The fraction of sp³-hybridized carbons (Fsp3) is 0.511. The van der Waals surface area contributed by atoms with Gasteiger partial charge in [-0.3, -0.25) is 9.69 Å². The maximum Gasteiger partial charge on any atom is 0.326 e. The van der Waals surface area contributed by atoms with Crippen molar-refractivity contribution in [2.24, 2.45) is 5.92 Å². The monoisotopic (exact) mass is 735 g/mol. The van der Waals surface area contributed by atoms with Crippen LogP contribution in [0, 0.1) is 19.8 Å². The number of hydrogen-bond donors (Lipinski definition) is 2. The highest BCUT2D eigenvalue weighted by atomic mass is 32.2. The molecule has 1 heterocycles. The Morgan fingerprint density at radius 3 is 2.08 bits per heavy atom. The molecule has 1 amide bonds. The van der Waals surface area contributed by atoms with E-state index in [9.17, 15) is 14.7 Å². The molecule has 1 fully saturated rings. The number of allylic oxidation sites excluding steroid dienone is 2. The quantitative estimate of drug-likeness (QED) is 0.180. The number of carboxylic acids is 1. The summed E-state index contributed by atoms with van der Waals surface area (Å²) in [6, 6.07) is 23.6. The summed E-state index contributed by atoms with van der Waals surface area (Å²) in [5.41, 5.74) is 7.24. The van der Waals surface area contributed by atoms with Crippen LogP contribution in [0.4, 0.5) is 0 Å². The van der Waals surface area contributed by atoms with Crippen molar-refractivity contribution in [3.05, 3.63) is 107 Å². The van der Waals surface area contributed by atoms with Crippen molar-refractivity contribution in [3.8, 4) is 11.1 Å². The minimum atomic E-state index is -1.01. The molecule has 1 saturated heterocycles. The van der Waals surface area contributed by atoms with E-state index in [0.29, 0.717) is 36.3 Å². The van der Waals surface area contributed by atoms with E-state index in [1.165, 1.54) is 24.0 Å². The average molecular weight is 735 g/mol. The van der Waals surface area contributed by atoms with Gasteiger partial charge in [0, 0.05) is 31.8 Å². The van der Waals surface area contributed by atoms with Crippen LogP contribution in [0.3, 0.4) is 0 Å². The largest absolute Gasteiger partial charge is 0.480 e. The molecule has 1 aliphatic rings. The van der Waals surface area contributed by atoms with Gasteiger partial charge in [0.05, 0.1) is 6.61 Å². The maximum absolute atomic E-state index is 13.3. The first-order valence-corrected chi connectivity index (χ1v) is 20.4. The predicted molar refractivity (Wildman–Crippen MR) is 227 cm³/mol. The molecule has 0 spiro atoms. The van der Waals surface area contributed by atoms with Crippen molar-refractivity contribution >= 4 is 23.6 Å². The molecule has 0 radical (unpaired) electrons. The smallest absolute Gasteiger partial charge is 0.326 e. The van der Waals surface area contributed by atoms with Crippen LogP contribution in [0.5, 0.6) is 0 Å². The van der Waals surface area contributed by atoms with Gasteiger partial charge in [0.25, 0.3) is 5.91 Å². The lowest BCUT2D eigenvalue weighted by Gasteiger charge is -2.24. The van der Waals surface area contributed by atoms with Crippen molar-refractivity contribution in [3.63, 3.8) is 0 Å². The lowest BCUT2D eigenvalue weighted by molar-refractivity contribution is -0.139. The van der Waals surface area contributed by atoms with E-state index >= 15 is 0 Å². The molecule has 3 aromatic rings. The topological polar surface area (TPSA) is 78.9 Å². The number of amides is 1. The van der Waals surface area contributed by atoms with Crippen LogP contribution in [-0.2, 0) is 16.1 Å². The number of likely N-dealkylation sites (tertiary alicyclic amines) is 1. The number of aryl methyl sites for hydroxylation is 2. The van der Waals surface area contributed by atoms with Gasteiger partial charge in [0.1, 0.15) is 6.04 Å². The zero-order chi connectivity index (χ0) is 39.5. The number of nitrogens with one attached hydrogen (secondary N) is 1. The van der Waals surface area contributed by atoms with Gasteiger partial charge in [0.15, 0.2) is 0 Å². The molecule has 4 rings (SSSR count). The van der Waals surface area contributed by atoms with E-state index in [1.807, 2.05) is 81.6 Å². The molecule has 6 nitrogen and oxygen atoms in total. The van der Waals surface area contributed by atoms with Crippen molar-refractivity contribution in [1.82, 2.24) is 10.2 Å². The van der Waals surface area contributed by atoms with Gasteiger partial charge >= 0.3 is 5.97 Å². The summed E-state index contributed by atoms with van der Waals surface area (Å²) in [7, 11) is 1.74. The molecule has 2 N–H and O–H groups in total. The number of carboxylic acid groups (broad SMARTS) is 1. The molecule has 0 aliphatic carbocycles. The molecule has 0 bridgehead atoms. The number of benzene rings is 3. The molecule has 1 aliphatic heterocycles. The first-order valence-electron chi connectivity index (χ1n) is 19.0. The number of rotatable bonds is 12. The van der Waals surface area contributed by atoms with Gasteiger partial charge in [-0.05, 0) is 99.3 Å². The number of carbonyl (C=O) groups is 2. The fourth-order valence-electron chi connectivity index (χ4n) is 5.69. The molecule has 3 unspecified atom stereocenters. The van der Waals surface area contributed by atoms with Gasteiger partial charge in [-0.2, -0.15) is 11.8 Å². The minimum Gasteiger partial charge on any atom is -0.480 e. The lowest BCUT2D eigenvalue weighted by atomic mass is 9.93. The van der Waals surface area contributed by atoms with Crippen molar-refractivity contribution in [2.75, 3.05) is 32.3 Å². The van der Waals surface area contributed by atoms with Crippen LogP contribution in [0.2, 0.25) is 0 Å². The average Bonchev–Trinajstić information content (AvgIpc) is 3.46. The Labute approximate surface area is 321 Å². The SMILES string of the molecule is CC.CCC.CCC=C(C)C.COCC1CC(C)CN1Cc1ccc(C(=O)NC(CCSC)C(=O)O)c(-c2ccccc2C)c1.Cc1ccccc1. The van der Waals surface area contributed by atoms with Crippen molar-refractivity contribution < 1.29 is 19.4 Å². The maximum atomic E-state index is 13.3. The van der Waals surface area contributed by atoms with Gasteiger partial charge in [-0.15, -0.1) is 0 Å². The van der Waals surface area contributed by atoms with Crippen LogP contribution >= 0.6 is 11.8 Å². The lowest BCUT2D eigenvalue weighted by Crippen LogP contribution is -2.41. The number of methoxy groups -OCH3 is 1. The second-order valence-electron chi connectivity index (χ2n) is 13.3. The van der Waals surface area contributed by atoms with Gasteiger partial charge in [0.2, 0.25) is 0 Å². The van der Waals surface area contributed by atoms with E-state index in [4.69, 9.17) is 4.74 Å². The van der Waals surface area contributed by atoms with Gasteiger partial charge in [-0.1, -0.05) is 126 Å². The predicted octanol–water partition coefficient (Wildman–Crippen LogP) is 11.3. The second kappa shape index (κ2) is 29.1. The van der Waals surface area contributed by atoms with E-state index in [2.05, 4.69) is 83.0 Å². The first-order chi connectivity index (χ1) is 24.9. The van der Waals surface area contributed by atoms with E-state index in [0.717, 1.165) is 41.8 Å². The fourth-order valence-corrected chi connectivity index (χ4v) is 6.16. The number of ether oxygens (including phenoxy) is 1. The highest BCUT2D eigenvalue weighted by Gasteiger charge is 2.30. The summed E-state index contributed by atoms with van der Waals surface area (Å²) < 4.78 is 5.44. The molecule has 0 aromatic heterocycles. The number of carbonyl (C=O) groups excluding carboxylic acids is 1. The minimum absolute atomic E-state index is 0.356. The Morgan fingerprint density at radius 1 is 0.981 bits per heavy atom. The number of hydrogen-bond acceptors (Lipinski definition) is 5. The summed E-state index contributed by atoms with van der Waals surface area (Å²) in [4.78, 5) is 27.4. The Hall–Kier alpha value is -3.39. The van der Waals surface area contributed by atoms with Gasteiger partial charge < -0.3 is 15.2 Å². The third-order valence-electron chi connectivity index (χ3n) is 8.01. The normalized spacial score (nSPS) is 15.1. The molecular weight excluding hydrogens is 665 g/mol. The Balaban J connectivity index is 0.00000119. The molecule has 3 aromatic carbocycles. The summed E-state index contributed by atoms with van der Waals surface area (Å²) in [6.07, 6.45) is 8.05. The zero-order valence-corrected chi connectivity index (χ0v) is 35.2. The number of thioether (sulfide) groups is 1. The van der Waals surface area contributed by atoms with Crippen LogP contribution in [-0.4, -0.2) is 66.2 Å². The number of nitrogens with zero attached hydrogens (tertiary/aromatic N) is 1. The third kappa shape index (κ3) is 19.4. The summed E-state index contributed by atoms with van der Waals surface area (Å²) in [6.45, 7) is 23.5. The molecular formula is C45H70N2O4S. The van der Waals surface area contributed by atoms with Crippen LogP contribution in [0.15, 0.2) is 84.4 Å². The first kappa shape index (κ1) is 48.6. The zero-order valence-electron chi connectivity index (χ0n) is 34.4. The van der Waals surface area contributed by atoms with E-state index < -0.39 is 12.0 Å². The highest BCUT2D eigenvalue weighted by molar-refractivity contribution is 7.98. The third-order valence-corrected chi connectivity index (χ3v) is 8.66. The summed E-state index contributed by atoms with van der Waals surface area (Å²) in [5.74, 6) is -0.0815. The Kier molecular flexibility index (Phi) is 27.2. The highest BCUT2D eigenvalue weighted by Crippen LogP contribution is 2.31. The van der Waals surface area contributed by atoms with Crippen molar-refractivity contribution in [2.45, 2.75) is 114 Å². The van der Waals surface area contributed by atoms with E-state index in [1.54, 1.807) is 18.9 Å². The van der Waals surface area contributed by atoms with Crippen molar-refractivity contribution in [1.29, 1.82) is 0 Å². The molecule has 52 heavy (non-hydrogen) atoms. The molecule has 7 heteroatoms. The summed E-state index contributed by atoms with van der Waals surface area (Å²) >= 11 is 1.56. The Bertz CT molecular complexity index is 1420.